The highest BCUT2D eigenvalue weighted by molar-refractivity contribution is 6.30. The minimum atomic E-state index is 0.470. The predicted octanol–water partition coefficient (Wildman–Crippen LogP) is 3.34. The van der Waals surface area contributed by atoms with Crippen LogP contribution in [-0.2, 0) is 4.84 Å². The SMILES string of the molecule is C/C(=N\OCCCOc1cccc(Cl)c1)c1cnccn1. The van der Waals surface area contributed by atoms with Gasteiger partial charge in [-0.25, -0.2) is 0 Å². The zero-order valence-electron chi connectivity index (χ0n) is 11.7. The lowest BCUT2D eigenvalue weighted by atomic mass is 10.3. The second kappa shape index (κ2) is 8.21. The van der Waals surface area contributed by atoms with Crippen LogP contribution in [0.15, 0.2) is 48.0 Å². The molecule has 0 saturated heterocycles. The standard InChI is InChI=1S/C15H16ClN3O2/c1-12(15-11-17-6-7-18-15)19-21-9-3-8-20-14-5-2-4-13(16)10-14/h2,4-7,10-11H,3,8-9H2,1H3/b19-12+. The van der Waals surface area contributed by atoms with E-state index < -0.39 is 0 Å². The summed E-state index contributed by atoms with van der Waals surface area (Å²) < 4.78 is 5.54. The Labute approximate surface area is 128 Å². The molecular weight excluding hydrogens is 290 g/mol. The molecule has 0 atom stereocenters. The smallest absolute Gasteiger partial charge is 0.120 e. The second-order valence-corrected chi connectivity index (χ2v) is 4.70. The topological polar surface area (TPSA) is 56.6 Å². The molecule has 6 heteroatoms. The van der Waals surface area contributed by atoms with E-state index in [1.807, 2.05) is 25.1 Å². The van der Waals surface area contributed by atoms with Crippen molar-refractivity contribution in [2.45, 2.75) is 13.3 Å². The largest absolute Gasteiger partial charge is 0.493 e. The third kappa shape index (κ3) is 5.39. The quantitative estimate of drug-likeness (QED) is 0.447. The van der Waals surface area contributed by atoms with E-state index in [2.05, 4.69) is 15.1 Å². The van der Waals surface area contributed by atoms with Gasteiger partial charge in [-0.1, -0.05) is 22.8 Å². The summed E-state index contributed by atoms with van der Waals surface area (Å²) >= 11 is 5.87. The van der Waals surface area contributed by atoms with Crippen molar-refractivity contribution in [2.75, 3.05) is 13.2 Å². The van der Waals surface area contributed by atoms with Crippen LogP contribution in [-0.4, -0.2) is 28.9 Å². The fourth-order valence-electron chi connectivity index (χ4n) is 1.55. The molecule has 0 unspecified atom stereocenters. The highest BCUT2D eigenvalue weighted by Crippen LogP contribution is 2.17. The van der Waals surface area contributed by atoms with E-state index in [-0.39, 0.29) is 0 Å². The van der Waals surface area contributed by atoms with E-state index in [9.17, 15) is 0 Å². The molecule has 0 aliphatic carbocycles. The first-order chi connectivity index (χ1) is 10.3. The second-order valence-electron chi connectivity index (χ2n) is 4.26. The first-order valence-corrected chi connectivity index (χ1v) is 6.95. The fraction of sp³-hybridized carbons (Fsp3) is 0.267. The highest BCUT2D eigenvalue weighted by Gasteiger charge is 1.99. The number of hydrogen-bond acceptors (Lipinski definition) is 5. The summed E-state index contributed by atoms with van der Waals surface area (Å²) in [6.45, 7) is 2.84. The summed E-state index contributed by atoms with van der Waals surface area (Å²) in [5.41, 5.74) is 1.39. The van der Waals surface area contributed by atoms with Gasteiger partial charge < -0.3 is 9.57 Å². The van der Waals surface area contributed by atoms with Crippen LogP contribution >= 0.6 is 11.6 Å². The summed E-state index contributed by atoms with van der Waals surface area (Å²) in [5, 5.41) is 4.65. The van der Waals surface area contributed by atoms with Crippen molar-refractivity contribution in [3.63, 3.8) is 0 Å². The van der Waals surface area contributed by atoms with Gasteiger partial charge in [0.05, 0.1) is 12.8 Å². The van der Waals surface area contributed by atoms with Gasteiger partial charge in [-0.05, 0) is 25.1 Å². The van der Waals surface area contributed by atoms with Gasteiger partial charge in [0.2, 0.25) is 0 Å². The Kier molecular flexibility index (Phi) is 5.97. The van der Waals surface area contributed by atoms with Crippen LogP contribution in [0.2, 0.25) is 5.02 Å². The Morgan fingerprint density at radius 3 is 2.95 bits per heavy atom. The van der Waals surface area contributed by atoms with Gasteiger partial charge in [0.25, 0.3) is 0 Å². The van der Waals surface area contributed by atoms with Crippen LogP contribution in [0, 0.1) is 0 Å². The summed E-state index contributed by atoms with van der Waals surface area (Å²) in [4.78, 5) is 13.3. The molecule has 1 aromatic heterocycles. The number of oxime groups is 1. The van der Waals surface area contributed by atoms with E-state index in [4.69, 9.17) is 21.2 Å². The number of ether oxygens (including phenoxy) is 1. The number of hydrogen-bond donors (Lipinski definition) is 0. The summed E-state index contributed by atoms with van der Waals surface area (Å²) in [7, 11) is 0. The number of rotatable bonds is 7. The van der Waals surface area contributed by atoms with E-state index in [0.717, 1.165) is 12.2 Å². The molecule has 0 fully saturated rings. The van der Waals surface area contributed by atoms with Gasteiger partial charge in [0, 0.05) is 23.8 Å². The van der Waals surface area contributed by atoms with Gasteiger partial charge in [-0.15, -0.1) is 0 Å². The maximum absolute atomic E-state index is 5.87. The maximum atomic E-state index is 5.87. The number of aromatic nitrogens is 2. The average Bonchev–Trinajstić information content (AvgIpc) is 2.51. The van der Waals surface area contributed by atoms with Crippen LogP contribution < -0.4 is 4.74 Å². The number of nitrogens with zero attached hydrogens (tertiary/aromatic N) is 3. The zero-order chi connectivity index (χ0) is 14.9. The van der Waals surface area contributed by atoms with Gasteiger partial charge in [0.15, 0.2) is 0 Å². The normalized spacial score (nSPS) is 11.2. The lowest BCUT2D eigenvalue weighted by Gasteiger charge is -2.06. The monoisotopic (exact) mass is 305 g/mol. The van der Waals surface area contributed by atoms with Crippen molar-refractivity contribution in [1.82, 2.24) is 9.97 Å². The van der Waals surface area contributed by atoms with Crippen LogP contribution in [0.5, 0.6) is 5.75 Å². The van der Waals surface area contributed by atoms with Crippen molar-refractivity contribution in [2.24, 2.45) is 5.16 Å². The Morgan fingerprint density at radius 1 is 1.29 bits per heavy atom. The molecule has 0 amide bonds. The molecule has 0 N–H and O–H groups in total. The summed E-state index contributed by atoms with van der Waals surface area (Å²) in [6.07, 6.45) is 5.60. The van der Waals surface area contributed by atoms with E-state index in [1.54, 1.807) is 24.7 Å². The Hall–Kier alpha value is -2.14. The minimum Gasteiger partial charge on any atom is -0.493 e. The van der Waals surface area contributed by atoms with Crippen molar-refractivity contribution in [3.8, 4) is 5.75 Å². The Morgan fingerprint density at radius 2 is 2.19 bits per heavy atom. The molecule has 0 spiro atoms. The molecule has 0 saturated carbocycles. The first kappa shape index (κ1) is 15.3. The predicted molar refractivity (Wildman–Crippen MR) is 81.8 cm³/mol. The van der Waals surface area contributed by atoms with Crippen molar-refractivity contribution < 1.29 is 9.57 Å². The molecule has 5 nitrogen and oxygen atoms in total. The molecule has 110 valence electrons. The van der Waals surface area contributed by atoms with Crippen LogP contribution in [0.1, 0.15) is 19.0 Å². The molecule has 21 heavy (non-hydrogen) atoms. The molecule has 2 aromatic rings. The zero-order valence-corrected chi connectivity index (χ0v) is 12.5. The first-order valence-electron chi connectivity index (χ1n) is 6.57. The molecule has 0 radical (unpaired) electrons. The molecular formula is C15H16ClN3O2. The van der Waals surface area contributed by atoms with Gasteiger partial charge in [-0.2, -0.15) is 0 Å². The van der Waals surface area contributed by atoms with E-state index in [1.165, 1.54) is 0 Å². The molecule has 1 heterocycles. The van der Waals surface area contributed by atoms with Crippen LogP contribution in [0.25, 0.3) is 0 Å². The molecule has 0 aliphatic rings. The summed E-state index contributed by atoms with van der Waals surface area (Å²) in [6, 6.07) is 7.30. The van der Waals surface area contributed by atoms with Crippen molar-refractivity contribution >= 4 is 17.3 Å². The summed E-state index contributed by atoms with van der Waals surface area (Å²) in [5.74, 6) is 0.752. The molecule has 0 bridgehead atoms. The van der Waals surface area contributed by atoms with E-state index in [0.29, 0.717) is 29.6 Å². The number of benzene rings is 1. The highest BCUT2D eigenvalue weighted by atomic mass is 35.5. The van der Waals surface area contributed by atoms with E-state index >= 15 is 0 Å². The van der Waals surface area contributed by atoms with Crippen molar-refractivity contribution in [1.29, 1.82) is 0 Å². The lowest BCUT2D eigenvalue weighted by Crippen LogP contribution is -2.03. The van der Waals surface area contributed by atoms with Crippen LogP contribution in [0.4, 0.5) is 0 Å². The van der Waals surface area contributed by atoms with Crippen LogP contribution in [0.3, 0.4) is 0 Å². The fourth-order valence-corrected chi connectivity index (χ4v) is 1.73. The molecule has 1 aromatic carbocycles. The molecule has 2 rings (SSSR count). The Bertz CT molecular complexity index is 590. The van der Waals surface area contributed by atoms with Gasteiger partial charge in [0.1, 0.15) is 23.8 Å². The van der Waals surface area contributed by atoms with Crippen molar-refractivity contribution in [3.05, 3.63) is 53.6 Å². The number of halogens is 1. The third-order valence-corrected chi connectivity index (χ3v) is 2.82. The minimum absolute atomic E-state index is 0.470. The maximum Gasteiger partial charge on any atom is 0.120 e. The third-order valence-electron chi connectivity index (χ3n) is 2.58. The van der Waals surface area contributed by atoms with Gasteiger partial charge in [-0.3, -0.25) is 9.97 Å². The lowest BCUT2D eigenvalue weighted by molar-refractivity contribution is 0.127. The Balaban J connectivity index is 1.66. The van der Waals surface area contributed by atoms with Gasteiger partial charge >= 0.3 is 0 Å². The average molecular weight is 306 g/mol. The molecule has 0 aliphatic heterocycles.